The number of halogens is 1. The zero-order valence-corrected chi connectivity index (χ0v) is 17.6. The maximum absolute atomic E-state index is 13.1. The second kappa shape index (κ2) is 10.9. The van der Waals surface area contributed by atoms with Crippen LogP contribution in [0.2, 0.25) is 5.02 Å². The van der Waals surface area contributed by atoms with Gasteiger partial charge in [0.1, 0.15) is 6.04 Å². The molecule has 0 saturated heterocycles. The van der Waals surface area contributed by atoms with Gasteiger partial charge in [-0.25, -0.2) is 0 Å². The van der Waals surface area contributed by atoms with Crippen LogP contribution in [-0.4, -0.2) is 29.8 Å². The molecule has 0 fully saturated rings. The van der Waals surface area contributed by atoms with Crippen LogP contribution < -0.4 is 5.32 Å². The number of amides is 2. The topological polar surface area (TPSA) is 49.4 Å². The fraction of sp³-hybridized carbons (Fsp3) is 0.391. The fourth-order valence-corrected chi connectivity index (χ4v) is 3.34. The highest BCUT2D eigenvalue weighted by molar-refractivity contribution is 6.30. The molecule has 2 amide bonds. The highest BCUT2D eigenvalue weighted by Crippen LogP contribution is 2.17. The molecule has 0 aliphatic heterocycles. The van der Waals surface area contributed by atoms with Crippen molar-refractivity contribution in [2.24, 2.45) is 0 Å². The SMILES string of the molecule is CCc1ccc(CCC(=O)N(Cc2ccc(Cl)cc2)C(CC)C(=O)NC)cc1. The van der Waals surface area contributed by atoms with Crippen molar-refractivity contribution in [2.45, 2.75) is 52.1 Å². The Kier molecular flexibility index (Phi) is 8.52. The molecule has 2 rings (SSSR count). The Morgan fingerprint density at radius 1 is 0.964 bits per heavy atom. The van der Waals surface area contributed by atoms with Crippen LogP contribution in [-0.2, 0) is 29.0 Å². The van der Waals surface area contributed by atoms with E-state index in [1.54, 1.807) is 24.1 Å². The van der Waals surface area contributed by atoms with Gasteiger partial charge in [0.2, 0.25) is 11.8 Å². The Hall–Kier alpha value is -2.33. The summed E-state index contributed by atoms with van der Waals surface area (Å²) in [7, 11) is 1.60. The van der Waals surface area contributed by atoms with Gasteiger partial charge in [0, 0.05) is 25.0 Å². The standard InChI is InChI=1S/C23H29ClN2O2/c1-4-17-6-8-18(9-7-17)12-15-22(27)26(21(5-2)23(28)25-3)16-19-10-13-20(24)14-11-19/h6-11,13-14,21H,4-5,12,15-16H2,1-3H3,(H,25,28). The molecule has 150 valence electrons. The summed E-state index contributed by atoms with van der Waals surface area (Å²) in [5, 5.41) is 3.33. The number of hydrogen-bond donors (Lipinski definition) is 1. The predicted molar refractivity (Wildman–Crippen MR) is 114 cm³/mol. The molecule has 1 unspecified atom stereocenters. The van der Waals surface area contributed by atoms with E-state index in [2.05, 4.69) is 36.5 Å². The predicted octanol–water partition coefficient (Wildman–Crippen LogP) is 4.39. The molecule has 0 spiro atoms. The van der Waals surface area contributed by atoms with E-state index < -0.39 is 6.04 Å². The molecule has 1 N–H and O–H groups in total. The second-order valence-corrected chi connectivity index (χ2v) is 7.29. The summed E-state index contributed by atoms with van der Waals surface area (Å²) in [6.45, 7) is 4.43. The van der Waals surface area contributed by atoms with E-state index in [0.717, 1.165) is 17.5 Å². The third-order valence-electron chi connectivity index (χ3n) is 4.96. The first kappa shape index (κ1) is 22.0. The molecular weight excluding hydrogens is 372 g/mol. The van der Waals surface area contributed by atoms with Crippen molar-refractivity contribution in [3.05, 3.63) is 70.2 Å². The quantitative estimate of drug-likeness (QED) is 0.678. The average molecular weight is 401 g/mol. The summed E-state index contributed by atoms with van der Waals surface area (Å²) < 4.78 is 0. The Morgan fingerprint density at radius 2 is 1.54 bits per heavy atom. The third kappa shape index (κ3) is 6.10. The number of rotatable bonds is 9. The number of benzene rings is 2. The second-order valence-electron chi connectivity index (χ2n) is 6.86. The molecule has 2 aromatic rings. The minimum Gasteiger partial charge on any atom is -0.357 e. The molecule has 0 aliphatic carbocycles. The number of hydrogen-bond acceptors (Lipinski definition) is 2. The van der Waals surface area contributed by atoms with E-state index >= 15 is 0 Å². The van der Waals surface area contributed by atoms with E-state index in [0.29, 0.717) is 30.8 Å². The maximum atomic E-state index is 13.1. The molecule has 0 saturated carbocycles. The molecule has 0 radical (unpaired) electrons. The van der Waals surface area contributed by atoms with E-state index in [1.165, 1.54) is 5.56 Å². The number of likely N-dealkylation sites (N-methyl/N-ethyl adjacent to an activating group) is 1. The number of nitrogens with one attached hydrogen (secondary N) is 1. The monoisotopic (exact) mass is 400 g/mol. The lowest BCUT2D eigenvalue weighted by molar-refractivity contribution is -0.141. The summed E-state index contributed by atoms with van der Waals surface area (Å²) in [6.07, 6.45) is 2.58. The van der Waals surface area contributed by atoms with Gasteiger partial charge in [-0.2, -0.15) is 0 Å². The van der Waals surface area contributed by atoms with Gasteiger partial charge in [0.25, 0.3) is 0 Å². The molecule has 0 aliphatic rings. The Labute approximate surface area is 172 Å². The van der Waals surface area contributed by atoms with Crippen LogP contribution in [0.1, 0.15) is 43.4 Å². The van der Waals surface area contributed by atoms with Gasteiger partial charge in [-0.15, -0.1) is 0 Å². The van der Waals surface area contributed by atoms with Gasteiger partial charge in [0.15, 0.2) is 0 Å². The Balaban J connectivity index is 2.14. The molecule has 2 aromatic carbocycles. The first-order valence-corrected chi connectivity index (χ1v) is 10.2. The third-order valence-corrected chi connectivity index (χ3v) is 5.21. The van der Waals surface area contributed by atoms with E-state index in [9.17, 15) is 9.59 Å². The minimum absolute atomic E-state index is 0.0232. The average Bonchev–Trinajstić information content (AvgIpc) is 2.73. The zero-order chi connectivity index (χ0) is 20.5. The minimum atomic E-state index is -0.490. The van der Waals surface area contributed by atoms with Crippen LogP contribution >= 0.6 is 11.6 Å². The zero-order valence-electron chi connectivity index (χ0n) is 16.9. The van der Waals surface area contributed by atoms with Crippen molar-refractivity contribution >= 4 is 23.4 Å². The molecule has 5 heteroatoms. The van der Waals surface area contributed by atoms with E-state index in [4.69, 9.17) is 11.6 Å². The molecule has 4 nitrogen and oxygen atoms in total. The van der Waals surface area contributed by atoms with E-state index in [1.807, 2.05) is 19.1 Å². The highest BCUT2D eigenvalue weighted by atomic mass is 35.5. The lowest BCUT2D eigenvalue weighted by Crippen LogP contribution is -2.48. The first-order valence-electron chi connectivity index (χ1n) is 9.81. The summed E-state index contributed by atoms with van der Waals surface area (Å²) in [4.78, 5) is 27.1. The lowest BCUT2D eigenvalue weighted by Gasteiger charge is -2.30. The summed E-state index contributed by atoms with van der Waals surface area (Å²) in [5.41, 5.74) is 3.36. The molecule has 28 heavy (non-hydrogen) atoms. The Bertz CT molecular complexity index is 772. The van der Waals surface area contributed by atoms with Crippen molar-refractivity contribution in [1.82, 2.24) is 10.2 Å². The van der Waals surface area contributed by atoms with Gasteiger partial charge in [-0.05, 0) is 48.1 Å². The van der Waals surface area contributed by atoms with Crippen molar-refractivity contribution in [3.63, 3.8) is 0 Å². The number of carbonyl (C=O) groups excluding carboxylic acids is 2. The van der Waals surface area contributed by atoms with Gasteiger partial charge in [0.05, 0.1) is 0 Å². The van der Waals surface area contributed by atoms with Crippen LogP contribution in [0.25, 0.3) is 0 Å². The summed E-state index contributed by atoms with van der Waals surface area (Å²) in [5.74, 6) is -0.165. The molecule has 0 aromatic heterocycles. The summed E-state index contributed by atoms with van der Waals surface area (Å²) in [6, 6.07) is 15.2. The van der Waals surface area contributed by atoms with Crippen molar-refractivity contribution < 1.29 is 9.59 Å². The van der Waals surface area contributed by atoms with Crippen LogP contribution in [0.5, 0.6) is 0 Å². The molecule has 1 atom stereocenters. The maximum Gasteiger partial charge on any atom is 0.242 e. The normalized spacial score (nSPS) is 11.7. The van der Waals surface area contributed by atoms with Gasteiger partial charge >= 0.3 is 0 Å². The van der Waals surface area contributed by atoms with Crippen LogP contribution in [0.4, 0.5) is 0 Å². The fourth-order valence-electron chi connectivity index (χ4n) is 3.21. The number of aryl methyl sites for hydroxylation is 2. The van der Waals surface area contributed by atoms with Crippen LogP contribution in [0.3, 0.4) is 0 Å². The number of carbonyl (C=O) groups is 2. The van der Waals surface area contributed by atoms with Gasteiger partial charge in [-0.3, -0.25) is 9.59 Å². The van der Waals surface area contributed by atoms with Crippen molar-refractivity contribution in [2.75, 3.05) is 7.05 Å². The largest absolute Gasteiger partial charge is 0.357 e. The molecule has 0 bridgehead atoms. The summed E-state index contributed by atoms with van der Waals surface area (Å²) >= 11 is 5.97. The van der Waals surface area contributed by atoms with E-state index in [-0.39, 0.29) is 11.8 Å². The molecule has 0 heterocycles. The smallest absolute Gasteiger partial charge is 0.242 e. The Morgan fingerprint density at radius 3 is 2.07 bits per heavy atom. The van der Waals surface area contributed by atoms with Crippen molar-refractivity contribution in [3.8, 4) is 0 Å². The molecular formula is C23H29ClN2O2. The van der Waals surface area contributed by atoms with Crippen LogP contribution in [0.15, 0.2) is 48.5 Å². The van der Waals surface area contributed by atoms with Gasteiger partial charge < -0.3 is 10.2 Å². The van der Waals surface area contributed by atoms with Crippen molar-refractivity contribution in [1.29, 1.82) is 0 Å². The van der Waals surface area contributed by atoms with Crippen LogP contribution in [0, 0.1) is 0 Å². The number of nitrogens with zero attached hydrogens (tertiary/aromatic N) is 1. The lowest BCUT2D eigenvalue weighted by atomic mass is 10.0. The first-order chi connectivity index (χ1) is 13.5. The highest BCUT2D eigenvalue weighted by Gasteiger charge is 2.27. The van der Waals surface area contributed by atoms with Gasteiger partial charge in [-0.1, -0.05) is 61.8 Å².